The first kappa shape index (κ1) is 35.1. The second-order valence-electron chi connectivity index (χ2n) is 10.4. The summed E-state index contributed by atoms with van der Waals surface area (Å²) in [6, 6.07) is 11.5. The zero-order valence-corrected chi connectivity index (χ0v) is 29.2. The highest BCUT2D eigenvalue weighted by molar-refractivity contribution is 14.1. The van der Waals surface area contributed by atoms with Gasteiger partial charge < -0.3 is 34.9 Å². The third-order valence-electron chi connectivity index (χ3n) is 7.53. The van der Waals surface area contributed by atoms with Crippen LogP contribution in [0.2, 0.25) is 5.02 Å². The van der Waals surface area contributed by atoms with Crippen molar-refractivity contribution in [2.24, 2.45) is 0 Å². The molecule has 0 unspecified atom stereocenters. The molecule has 1 heterocycles. The number of benzene rings is 3. The first-order valence-electron chi connectivity index (χ1n) is 14.8. The van der Waals surface area contributed by atoms with E-state index in [0.717, 1.165) is 29.5 Å². The Morgan fingerprint density at radius 1 is 0.826 bits per heavy atom. The van der Waals surface area contributed by atoms with Crippen LogP contribution in [0.1, 0.15) is 40.0 Å². The Labute approximate surface area is 287 Å². The van der Waals surface area contributed by atoms with E-state index in [4.69, 9.17) is 30.5 Å². The van der Waals surface area contributed by atoms with Gasteiger partial charge in [-0.05, 0) is 91.0 Å². The second-order valence-corrected chi connectivity index (χ2v) is 12.0. The number of carbonyl (C=O) groups is 3. The molecule has 13 heteroatoms. The summed E-state index contributed by atoms with van der Waals surface area (Å²) in [6.07, 6.45) is 3.47. The average molecular weight is 765 g/mol. The lowest BCUT2D eigenvalue weighted by Gasteiger charge is -2.27. The van der Waals surface area contributed by atoms with E-state index in [1.807, 2.05) is 0 Å². The van der Waals surface area contributed by atoms with Crippen molar-refractivity contribution >= 4 is 57.6 Å². The van der Waals surface area contributed by atoms with Gasteiger partial charge in [-0.15, -0.1) is 0 Å². The molecule has 3 aromatic rings. The first-order valence-corrected chi connectivity index (χ1v) is 16.3. The van der Waals surface area contributed by atoms with E-state index >= 15 is 0 Å². The summed E-state index contributed by atoms with van der Waals surface area (Å²) in [4.78, 5) is 42.1. The summed E-state index contributed by atoms with van der Waals surface area (Å²) < 4.78 is 24.8. The molecule has 46 heavy (non-hydrogen) atoms. The molecule has 3 N–H and O–H groups in total. The highest BCUT2D eigenvalue weighted by atomic mass is 127. The van der Waals surface area contributed by atoms with Crippen LogP contribution in [0.3, 0.4) is 0 Å². The van der Waals surface area contributed by atoms with Gasteiger partial charge in [0, 0.05) is 41.0 Å². The van der Waals surface area contributed by atoms with Crippen molar-refractivity contribution in [2.75, 3.05) is 66.5 Å². The smallest absolute Gasteiger partial charge is 0.262 e. The lowest BCUT2D eigenvalue weighted by Crippen LogP contribution is -2.33. The number of halogens is 2. The van der Waals surface area contributed by atoms with Crippen LogP contribution in [-0.2, 0) is 4.79 Å². The molecule has 0 radical (unpaired) electrons. The number of likely N-dealkylation sites (tertiary alicyclic amines) is 1. The van der Waals surface area contributed by atoms with Gasteiger partial charge in [-0.25, -0.2) is 0 Å². The Morgan fingerprint density at radius 3 is 1.91 bits per heavy atom. The maximum Gasteiger partial charge on any atom is 0.262 e. The molecule has 1 aliphatic rings. The Morgan fingerprint density at radius 2 is 1.39 bits per heavy atom. The number of anilines is 1. The number of hydrogen-bond donors (Lipinski definition) is 3. The molecule has 0 aliphatic carbocycles. The molecule has 1 fully saturated rings. The molecule has 11 nitrogen and oxygen atoms in total. The fraction of sp³-hybridized carbons (Fsp3) is 0.364. The Kier molecular flexibility index (Phi) is 12.8. The van der Waals surface area contributed by atoms with Gasteiger partial charge in [0.1, 0.15) is 6.61 Å². The number of hydrogen-bond acceptors (Lipinski definition) is 8. The summed E-state index contributed by atoms with van der Waals surface area (Å²) in [6.45, 7) is 2.48. The molecule has 246 valence electrons. The second kappa shape index (κ2) is 16.7. The molecule has 0 spiro atoms. The quantitative estimate of drug-likeness (QED) is 0.202. The van der Waals surface area contributed by atoms with Crippen molar-refractivity contribution in [2.45, 2.75) is 19.3 Å². The molecule has 0 atom stereocenters. The van der Waals surface area contributed by atoms with E-state index < -0.39 is 24.3 Å². The predicted molar refractivity (Wildman–Crippen MR) is 186 cm³/mol. The number of carbonyl (C=O) groups excluding carboxylic acids is 3. The van der Waals surface area contributed by atoms with Crippen molar-refractivity contribution in [3.63, 3.8) is 0 Å². The average Bonchev–Trinajstić information content (AvgIpc) is 3.08. The lowest BCUT2D eigenvalue weighted by molar-refractivity contribution is -0.118. The lowest BCUT2D eigenvalue weighted by atomic mass is 9.91. The zero-order valence-electron chi connectivity index (χ0n) is 26.3. The van der Waals surface area contributed by atoms with E-state index in [1.54, 1.807) is 42.5 Å². The minimum Gasteiger partial charge on any atom is -0.493 e. The molecular weight excluding hydrogens is 727 g/mol. The van der Waals surface area contributed by atoms with Crippen molar-refractivity contribution < 1.29 is 33.3 Å². The predicted octanol–water partition coefficient (Wildman–Crippen LogP) is 5.23. The monoisotopic (exact) mass is 764 g/mol. The number of nitrogens with zero attached hydrogens (tertiary/aromatic N) is 1. The molecular formula is C33H38ClIN4O7. The minimum atomic E-state index is -0.481. The molecule has 4 rings (SSSR count). The normalized spacial score (nSPS) is 13.0. The molecule has 1 aliphatic heterocycles. The van der Waals surface area contributed by atoms with Gasteiger partial charge in [-0.1, -0.05) is 18.0 Å². The standard InChI is InChI=1S/C33H38ClIN4O7/c1-36-32(41)21-9-12-25(43-3)30(45-17-16-39-14-6-5-7-15-39)28(21)29-22(33(42)37-2)10-13-26(44-4)31(29)46-19-27(40)38-20-8-11-24(35)23(34)18-20/h8-13,18H,5-7,14-17,19H2,1-4H3,(H,36,41)(H,37,42)(H,38,40). The maximum absolute atomic E-state index is 13.4. The molecule has 0 saturated carbocycles. The zero-order chi connectivity index (χ0) is 33.2. The van der Waals surface area contributed by atoms with E-state index in [9.17, 15) is 14.4 Å². The number of methoxy groups -OCH3 is 2. The van der Waals surface area contributed by atoms with Crippen molar-refractivity contribution in [3.05, 3.63) is 62.2 Å². The van der Waals surface area contributed by atoms with Gasteiger partial charge in [0.15, 0.2) is 29.6 Å². The van der Waals surface area contributed by atoms with Gasteiger partial charge in [0.05, 0.1) is 30.4 Å². The molecule has 3 amide bonds. The van der Waals surface area contributed by atoms with Gasteiger partial charge in [-0.3, -0.25) is 19.3 Å². The number of rotatable bonds is 13. The topological polar surface area (TPSA) is 127 Å². The van der Waals surface area contributed by atoms with Crippen LogP contribution < -0.4 is 34.9 Å². The van der Waals surface area contributed by atoms with Crippen molar-refractivity contribution in [1.82, 2.24) is 15.5 Å². The summed E-state index contributed by atoms with van der Waals surface area (Å²) in [5.41, 5.74) is 1.33. The third-order valence-corrected chi connectivity index (χ3v) is 9.10. The highest BCUT2D eigenvalue weighted by Crippen LogP contribution is 2.49. The van der Waals surface area contributed by atoms with Crippen molar-refractivity contribution in [3.8, 4) is 34.1 Å². The molecule has 1 saturated heterocycles. The summed E-state index contributed by atoms with van der Waals surface area (Å²) >= 11 is 8.33. The van der Waals surface area contributed by atoms with Crippen LogP contribution in [0.25, 0.3) is 11.1 Å². The third kappa shape index (κ3) is 8.34. The molecule has 3 aromatic carbocycles. The number of piperidine rings is 1. The van der Waals surface area contributed by atoms with Gasteiger partial charge in [0.25, 0.3) is 17.7 Å². The van der Waals surface area contributed by atoms with Crippen LogP contribution >= 0.6 is 34.2 Å². The minimum absolute atomic E-state index is 0.0682. The van der Waals surface area contributed by atoms with Gasteiger partial charge >= 0.3 is 0 Å². The first-order chi connectivity index (χ1) is 22.2. The van der Waals surface area contributed by atoms with Crippen molar-refractivity contribution in [1.29, 1.82) is 0 Å². The fourth-order valence-corrected chi connectivity index (χ4v) is 5.76. The van der Waals surface area contributed by atoms with E-state index in [-0.39, 0.29) is 39.5 Å². The molecule has 0 bridgehead atoms. The SMILES string of the molecule is CNC(=O)c1ccc(OC)c(OCCN2CCCCC2)c1-c1c(C(=O)NC)ccc(OC)c1OCC(=O)Nc1ccc(I)c(Cl)c1. The maximum atomic E-state index is 13.4. The Bertz CT molecular complexity index is 1580. The number of nitrogens with one attached hydrogen (secondary N) is 3. The van der Waals surface area contributed by atoms with E-state index in [1.165, 1.54) is 34.7 Å². The number of ether oxygens (including phenoxy) is 4. The van der Waals surface area contributed by atoms with E-state index in [0.29, 0.717) is 29.6 Å². The van der Waals surface area contributed by atoms with Crippen LogP contribution in [-0.4, -0.2) is 83.8 Å². The fourth-order valence-electron chi connectivity index (χ4n) is 5.25. The Balaban J connectivity index is 1.83. The Hall–Kier alpha value is -3.75. The van der Waals surface area contributed by atoms with Gasteiger partial charge in [-0.2, -0.15) is 0 Å². The summed E-state index contributed by atoms with van der Waals surface area (Å²) in [7, 11) is 5.95. The van der Waals surface area contributed by atoms with Gasteiger partial charge in [0.2, 0.25) is 0 Å². The number of amides is 3. The summed E-state index contributed by atoms with van der Waals surface area (Å²) in [5.74, 6) is -0.454. The van der Waals surface area contributed by atoms with Crippen LogP contribution in [0.15, 0.2) is 42.5 Å². The van der Waals surface area contributed by atoms with E-state index in [2.05, 4.69) is 43.4 Å². The van der Waals surface area contributed by atoms with Crippen LogP contribution in [0.5, 0.6) is 23.0 Å². The highest BCUT2D eigenvalue weighted by Gasteiger charge is 2.30. The van der Waals surface area contributed by atoms with Crippen LogP contribution in [0.4, 0.5) is 5.69 Å². The molecule has 0 aromatic heterocycles. The summed E-state index contributed by atoms with van der Waals surface area (Å²) in [5, 5.41) is 8.58. The van der Waals surface area contributed by atoms with Crippen LogP contribution in [0, 0.1) is 3.57 Å². The largest absolute Gasteiger partial charge is 0.493 e.